The fourth-order valence-electron chi connectivity index (χ4n) is 4.57. The van der Waals surface area contributed by atoms with E-state index in [1.807, 2.05) is 0 Å². The second-order valence-electron chi connectivity index (χ2n) is 8.07. The molecule has 3 aromatic rings. The van der Waals surface area contributed by atoms with Crippen LogP contribution in [-0.4, -0.2) is 28.5 Å². The molecule has 0 spiro atoms. The highest BCUT2D eigenvalue weighted by atomic mass is 19.1. The Balaban J connectivity index is 1.69. The van der Waals surface area contributed by atoms with Crippen LogP contribution in [0.15, 0.2) is 66.2 Å². The molecule has 0 unspecified atom stereocenters. The maximum absolute atomic E-state index is 14.0. The van der Waals surface area contributed by atoms with E-state index in [1.54, 1.807) is 31.2 Å². The Morgan fingerprint density at radius 2 is 1.36 bits per heavy atom. The smallest absolute Gasteiger partial charge is 0.262 e. The average Bonchev–Trinajstić information content (AvgIpc) is 3.03. The first kappa shape index (κ1) is 20.9. The van der Waals surface area contributed by atoms with Gasteiger partial charge in [-0.2, -0.15) is 0 Å². The predicted molar refractivity (Wildman–Crippen MR) is 114 cm³/mol. The molecule has 2 aliphatic rings. The molecule has 5 rings (SSSR count). The van der Waals surface area contributed by atoms with Crippen LogP contribution in [0.2, 0.25) is 0 Å². The van der Waals surface area contributed by atoms with Gasteiger partial charge in [0.05, 0.1) is 17.2 Å². The number of benzene rings is 3. The van der Waals surface area contributed by atoms with Gasteiger partial charge in [-0.1, -0.05) is 18.2 Å². The van der Waals surface area contributed by atoms with Crippen LogP contribution >= 0.6 is 0 Å². The summed E-state index contributed by atoms with van der Waals surface area (Å²) >= 11 is 0. The zero-order chi connectivity index (χ0) is 23.4. The Morgan fingerprint density at radius 1 is 0.758 bits per heavy atom. The van der Waals surface area contributed by atoms with Gasteiger partial charge >= 0.3 is 0 Å². The van der Waals surface area contributed by atoms with E-state index < -0.39 is 41.1 Å². The quantitative estimate of drug-likeness (QED) is 0.532. The molecule has 164 valence electrons. The van der Waals surface area contributed by atoms with Gasteiger partial charge in [-0.3, -0.25) is 19.3 Å². The molecule has 1 aliphatic carbocycles. The number of nitrogens with zero attached hydrogens (tertiary/aromatic N) is 1. The molecule has 2 amide bonds. The molecular weight excluding hydrogens is 431 g/mol. The summed E-state index contributed by atoms with van der Waals surface area (Å²) in [6.07, 6.45) is 0.101. The number of amides is 2. The summed E-state index contributed by atoms with van der Waals surface area (Å²) in [6.45, 7) is 1.59. The van der Waals surface area contributed by atoms with Gasteiger partial charge in [-0.05, 0) is 66.4 Å². The van der Waals surface area contributed by atoms with Crippen molar-refractivity contribution >= 4 is 23.2 Å². The molecule has 33 heavy (non-hydrogen) atoms. The van der Waals surface area contributed by atoms with E-state index >= 15 is 0 Å². The fourth-order valence-corrected chi connectivity index (χ4v) is 4.57. The van der Waals surface area contributed by atoms with Crippen molar-refractivity contribution in [1.82, 2.24) is 4.90 Å². The van der Waals surface area contributed by atoms with Crippen molar-refractivity contribution < 1.29 is 27.6 Å². The maximum Gasteiger partial charge on any atom is 0.262 e. The van der Waals surface area contributed by atoms with Crippen LogP contribution in [0, 0.1) is 17.5 Å². The van der Waals surface area contributed by atoms with Gasteiger partial charge in [0.2, 0.25) is 0 Å². The molecule has 0 N–H and O–H groups in total. The second-order valence-corrected chi connectivity index (χ2v) is 8.07. The standard InChI is InChI=1S/C26H16F3NO3/c1-13(30-25(32)19-4-2-3-5-20(19)26(30)33)21-10-14-6-7-16(27)12-22(14)24(31)23(21)15-8-17(28)11-18(29)9-15/h2-9,11-13H,10H2,1H3/t13-/m0/s1. The Kier molecular flexibility index (Phi) is 4.78. The first-order valence-corrected chi connectivity index (χ1v) is 10.3. The zero-order valence-corrected chi connectivity index (χ0v) is 17.4. The second kappa shape index (κ2) is 7.55. The lowest BCUT2D eigenvalue weighted by molar-refractivity contribution is 0.0616. The van der Waals surface area contributed by atoms with Gasteiger partial charge < -0.3 is 0 Å². The number of hydrogen-bond acceptors (Lipinski definition) is 3. The number of ketones is 1. The average molecular weight is 447 g/mol. The molecule has 0 saturated heterocycles. The summed E-state index contributed by atoms with van der Waals surface area (Å²) in [5.74, 6) is -4.05. The molecule has 0 saturated carbocycles. The number of fused-ring (bicyclic) bond motifs is 2. The van der Waals surface area contributed by atoms with Crippen molar-refractivity contribution in [2.75, 3.05) is 0 Å². The molecule has 0 fully saturated rings. The number of rotatable bonds is 3. The predicted octanol–water partition coefficient (Wildman–Crippen LogP) is 4.98. The minimum absolute atomic E-state index is 0.0362. The number of allylic oxidation sites excluding steroid dienone is 1. The Bertz CT molecular complexity index is 1350. The van der Waals surface area contributed by atoms with Crippen molar-refractivity contribution in [2.45, 2.75) is 19.4 Å². The van der Waals surface area contributed by atoms with Gasteiger partial charge in [0.15, 0.2) is 5.78 Å². The minimum Gasteiger partial charge on any atom is -0.289 e. The summed E-state index contributed by atoms with van der Waals surface area (Å²) in [7, 11) is 0. The molecule has 3 aromatic carbocycles. The van der Waals surface area contributed by atoms with E-state index in [-0.39, 0.29) is 34.2 Å². The molecule has 4 nitrogen and oxygen atoms in total. The van der Waals surface area contributed by atoms with Gasteiger partial charge in [0.25, 0.3) is 11.8 Å². The Hall–Kier alpha value is -4.00. The number of carbonyl (C=O) groups is 3. The van der Waals surface area contributed by atoms with Crippen molar-refractivity contribution in [3.05, 3.63) is 112 Å². The monoisotopic (exact) mass is 447 g/mol. The Labute approximate surface area is 187 Å². The third-order valence-corrected chi connectivity index (χ3v) is 6.11. The van der Waals surface area contributed by atoms with Crippen LogP contribution in [-0.2, 0) is 6.42 Å². The number of Topliss-reactive ketones (excluding diaryl/α,β-unsaturated/α-hetero) is 1. The molecule has 0 radical (unpaired) electrons. The van der Waals surface area contributed by atoms with Crippen LogP contribution in [0.4, 0.5) is 13.2 Å². The molecular formula is C26H16F3NO3. The van der Waals surface area contributed by atoms with Gasteiger partial charge in [-0.25, -0.2) is 13.2 Å². The van der Waals surface area contributed by atoms with E-state index in [9.17, 15) is 27.6 Å². The molecule has 0 bridgehead atoms. The maximum atomic E-state index is 14.0. The van der Waals surface area contributed by atoms with E-state index in [0.717, 1.165) is 23.1 Å². The van der Waals surface area contributed by atoms with Crippen LogP contribution < -0.4 is 0 Å². The number of hydrogen-bond donors (Lipinski definition) is 0. The molecule has 1 heterocycles. The lowest BCUT2D eigenvalue weighted by Crippen LogP contribution is -2.41. The SMILES string of the molecule is C[C@@H](C1=C(c2cc(F)cc(F)c2)C(=O)c2cc(F)ccc2C1)N1C(=O)c2ccccc2C1=O. The van der Waals surface area contributed by atoms with Gasteiger partial charge in [-0.15, -0.1) is 0 Å². The van der Waals surface area contributed by atoms with Crippen molar-refractivity contribution in [2.24, 2.45) is 0 Å². The minimum atomic E-state index is -0.888. The van der Waals surface area contributed by atoms with Crippen molar-refractivity contribution in [3.8, 4) is 0 Å². The first-order valence-electron chi connectivity index (χ1n) is 10.3. The largest absolute Gasteiger partial charge is 0.289 e. The molecule has 7 heteroatoms. The topological polar surface area (TPSA) is 54.5 Å². The fraction of sp³-hybridized carbons (Fsp3) is 0.115. The summed E-state index contributed by atoms with van der Waals surface area (Å²) < 4.78 is 42.0. The molecule has 0 aromatic heterocycles. The number of carbonyl (C=O) groups excluding carboxylic acids is 3. The van der Waals surface area contributed by atoms with E-state index in [0.29, 0.717) is 17.2 Å². The Morgan fingerprint density at radius 3 is 1.97 bits per heavy atom. The van der Waals surface area contributed by atoms with Crippen molar-refractivity contribution in [3.63, 3.8) is 0 Å². The molecule has 1 atom stereocenters. The van der Waals surface area contributed by atoms with Gasteiger partial charge in [0, 0.05) is 17.2 Å². The normalized spacial score (nSPS) is 16.2. The van der Waals surface area contributed by atoms with Crippen LogP contribution in [0.1, 0.15) is 49.1 Å². The van der Waals surface area contributed by atoms with E-state index in [4.69, 9.17) is 0 Å². The van der Waals surface area contributed by atoms with Crippen LogP contribution in [0.5, 0.6) is 0 Å². The first-order chi connectivity index (χ1) is 15.8. The summed E-state index contributed by atoms with van der Waals surface area (Å²) in [5.41, 5.74) is 1.34. The summed E-state index contributed by atoms with van der Waals surface area (Å²) in [6, 6.07) is 11.9. The van der Waals surface area contributed by atoms with Crippen LogP contribution in [0.3, 0.4) is 0 Å². The number of imide groups is 1. The summed E-state index contributed by atoms with van der Waals surface area (Å²) in [5, 5.41) is 0. The van der Waals surface area contributed by atoms with E-state index in [2.05, 4.69) is 0 Å². The van der Waals surface area contributed by atoms with Gasteiger partial charge in [0.1, 0.15) is 17.5 Å². The van der Waals surface area contributed by atoms with Crippen LogP contribution in [0.25, 0.3) is 5.57 Å². The summed E-state index contributed by atoms with van der Waals surface area (Å²) in [4.78, 5) is 40.6. The lowest BCUT2D eigenvalue weighted by atomic mass is 9.79. The molecule has 1 aliphatic heterocycles. The number of halogens is 3. The highest BCUT2D eigenvalue weighted by Crippen LogP contribution is 2.38. The highest BCUT2D eigenvalue weighted by molar-refractivity contribution is 6.31. The third kappa shape index (κ3) is 3.28. The van der Waals surface area contributed by atoms with Crippen molar-refractivity contribution in [1.29, 1.82) is 0 Å². The van der Waals surface area contributed by atoms with E-state index in [1.165, 1.54) is 12.1 Å². The third-order valence-electron chi connectivity index (χ3n) is 6.11. The lowest BCUT2D eigenvalue weighted by Gasteiger charge is -2.31. The zero-order valence-electron chi connectivity index (χ0n) is 17.4. The highest BCUT2D eigenvalue weighted by Gasteiger charge is 2.41.